The number of carbonyl (C=O) groups excluding carboxylic acids is 1. The van der Waals surface area contributed by atoms with Crippen molar-refractivity contribution in [2.75, 3.05) is 31.1 Å². The van der Waals surface area contributed by atoms with Crippen molar-refractivity contribution in [3.63, 3.8) is 0 Å². The van der Waals surface area contributed by atoms with E-state index in [9.17, 15) is 4.79 Å². The maximum absolute atomic E-state index is 12.9. The highest BCUT2D eigenvalue weighted by Crippen LogP contribution is 2.31. The number of benzene rings is 2. The monoisotopic (exact) mass is 379 g/mol. The van der Waals surface area contributed by atoms with E-state index in [2.05, 4.69) is 43.0 Å². The minimum Gasteiger partial charge on any atom is -0.345 e. The molecular formula is C22H25N3OS. The number of fused-ring (bicyclic) bond motifs is 1. The first-order valence-corrected chi connectivity index (χ1v) is 10.4. The maximum atomic E-state index is 12.9. The summed E-state index contributed by atoms with van der Waals surface area (Å²) in [5.74, 6) is 0.143. The Balaban J connectivity index is 1.48. The summed E-state index contributed by atoms with van der Waals surface area (Å²) in [6.07, 6.45) is 0.999. The van der Waals surface area contributed by atoms with Crippen LogP contribution in [0.3, 0.4) is 0 Å². The summed E-state index contributed by atoms with van der Waals surface area (Å²) < 4.78 is 1.25. The number of aromatic nitrogens is 1. The zero-order valence-electron chi connectivity index (χ0n) is 16.2. The average Bonchev–Trinajstić information content (AvgIpc) is 3.12. The highest BCUT2D eigenvalue weighted by atomic mass is 32.1. The van der Waals surface area contributed by atoms with Crippen molar-refractivity contribution >= 4 is 32.6 Å². The van der Waals surface area contributed by atoms with E-state index in [1.165, 1.54) is 15.8 Å². The van der Waals surface area contributed by atoms with Crippen LogP contribution in [0.25, 0.3) is 10.2 Å². The molecule has 1 amide bonds. The van der Waals surface area contributed by atoms with Gasteiger partial charge < -0.3 is 9.80 Å². The summed E-state index contributed by atoms with van der Waals surface area (Å²) in [5, 5.41) is 1.07. The van der Waals surface area contributed by atoms with Crippen LogP contribution >= 0.6 is 11.3 Å². The number of para-hydroxylation sites is 1. The number of piperazine rings is 1. The number of carbonyl (C=O) groups is 1. The van der Waals surface area contributed by atoms with Crippen LogP contribution in [0.2, 0.25) is 0 Å². The Labute approximate surface area is 164 Å². The van der Waals surface area contributed by atoms with Gasteiger partial charge in [-0.3, -0.25) is 4.79 Å². The normalized spacial score (nSPS) is 14.8. The Bertz CT molecular complexity index is 986. The van der Waals surface area contributed by atoms with Crippen molar-refractivity contribution in [3.8, 4) is 0 Å². The molecule has 2 heterocycles. The first-order chi connectivity index (χ1) is 13.1. The Morgan fingerprint density at radius 1 is 1.11 bits per heavy atom. The predicted molar refractivity (Wildman–Crippen MR) is 113 cm³/mol. The molecule has 0 saturated carbocycles. The smallest absolute Gasteiger partial charge is 0.254 e. The van der Waals surface area contributed by atoms with E-state index in [-0.39, 0.29) is 5.91 Å². The van der Waals surface area contributed by atoms with E-state index in [1.807, 2.05) is 24.0 Å². The Hall–Kier alpha value is -2.40. The zero-order valence-corrected chi connectivity index (χ0v) is 17.0. The molecule has 0 atom stereocenters. The minimum atomic E-state index is 0.143. The van der Waals surface area contributed by atoms with E-state index >= 15 is 0 Å². The van der Waals surface area contributed by atoms with Crippen molar-refractivity contribution in [1.82, 2.24) is 9.88 Å². The number of nitrogens with zero attached hydrogens (tertiary/aromatic N) is 3. The van der Waals surface area contributed by atoms with Crippen LogP contribution in [0, 0.1) is 13.8 Å². The van der Waals surface area contributed by atoms with Gasteiger partial charge in [-0.1, -0.05) is 48.1 Å². The van der Waals surface area contributed by atoms with Crippen molar-refractivity contribution in [2.24, 2.45) is 0 Å². The van der Waals surface area contributed by atoms with Crippen LogP contribution in [0.4, 0.5) is 5.13 Å². The van der Waals surface area contributed by atoms with Gasteiger partial charge in [0.15, 0.2) is 5.13 Å². The predicted octanol–water partition coefficient (Wildman–Crippen LogP) is 4.44. The molecule has 1 saturated heterocycles. The molecule has 0 N–H and O–H groups in total. The first kappa shape index (κ1) is 18.0. The quantitative estimate of drug-likeness (QED) is 0.675. The van der Waals surface area contributed by atoms with E-state index in [4.69, 9.17) is 4.98 Å². The summed E-state index contributed by atoms with van der Waals surface area (Å²) in [6.45, 7) is 9.39. The summed E-state index contributed by atoms with van der Waals surface area (Å²) in [4.78, 5) is 22.1. The second-order valence-electron chi connectivity index (χ2n) is 7.21. The van der Waals surface area contributed by atoms with E-state index in [0.29, 0.717) is 0 Å². The molecule has 5 heteroatoms. The lowest BCUT2D eigenvalue weighted by Gasteiger charge is -2.34. The molecule has 0 bridgehead atoms. The highest BCUT2D eigenvalue weighted by Gasteiger charge is 2.25. The summed E-state index contributed by atoms with van der Waals surface area (Å²) in [5.41, 5.74) is 5.51. The van der Waals surface area contributed by atoms with E-state index in [0.717, 1.165) is 54.4 Å². The molecule has 0 aliphatic carbocycles. The number of hydrogen-bond donors (Lipinski definition) is 0. The molecule has 3 aromatic rings. The molecule has 4 rings (SSSR count). The zero-order chi connectivity index (χ0) is 19.0. The second kappa shape index (κ2) is 7.31. The van der Waals surface area contributed by atoms with Gasteiger partial charge in [0.1, 0.15) is 0 Å². The van der Waals surface area contributed by atoms with Crippen LogP contribution in [0.15, 0.2) is 36.4 Å². The third-order valence-corrected chi connectivity index (χ3v) is 6.40. The SMILES string of the molecule is CCc1cccc2sc(N3CCN(C(=O)c4ccc(C)cc4C)CC3)nc12. The number of amides is 1. The largest absolute Gasteiger partial charge is 0.345 e. The molecule has 1 aromatic heterocycles. The standard InChI is InChI=1S/C22H25N3OS/c1-4-17-6-5-7-19-20(17)23-22(27-19)25-12-10-24(11-13-25)21(26)18-9-8-15(2)14-16(18)3/h5-9,14H,4,10-13H2,1-3H3. The van der Waals surface area contributed by atoms with Crippen LogP contribution in [0.5, 0.6) is 0 Å². The molecular weight excluding hydrogens is 354 g/mol. The Kier molecular flexibility index (Phi) is 4.87. The van der Waals surface area contributed by atoms with Crippen LogP contribution < -0.4 is 4.90 Å². The third kappa shape index (κ3) is 3.44. The molecule has 0 spiro atoms. The van der Waals surface area contributed by atoms with Gasteiger partial charge in [0.05, 0.1) is 10.2 Å². The van der Waals surface area contributed by atoms with Gasteiger partial charge in [-0.25, -0.2) is 4.98 Å². The van der Waals surface area contributed by atoms with Crippen molar-refractivity contribution in [3.05, 3.63) is 58.7 Å². The van der Waals surface area contributed by atoms with Crippen LogP contribution in [-0.2, 0) is 6.42 Å². The molecule has 140 valence electrons. The van der Waals surface area contributed by atoms with Gasteiger partial charge in [-0.2, -0.15) is 0 Å². The molecule has 0 radical (unpaired) electrons. The Morgan fingerprint density at radius 2 is 1.89 bits per heavy atom. The first-order valence-electron chi connectivity index (χ1n) is 9.56. The lowest BCUT2D eigenvalue weighted by Crippen LogP contribution is -2.48. The molecule has 0 unspecified atom stereocenters. The van der Waals surface area contributed by atoms with Crippen LogP contribution in [0.1, 0.15) is 34.0 Å². The van der Waals surface area contributed by atoms with Crippen molar-refractivity contribution < 1.29 is 4.79 Å². The van der Waals surface area contributed by atoms with E-state index < -0.39 is 0 Å². The maximum Gasteiger partial charge on any atom is 0.254 e. The highest BCUT2D eigenvalue weighted by molar-refractivity contribution is 7.22. The molecule has 1 aliphatic rings. The van der Waals surface area contributed by atoms with Gasteiger partial charge in [0.2, 0.25) is 0 Å². The second-order valence-corrected chi connectivity index (χ2v) is 8.22. The van der Waals surface area contributed by atoms with Gasteiger partial charge >= 0.3 is 0 Å². The minimum absolute atomic E-state index is 0.143. The lowest BCUT2D eigenvalue weighted by atomic mass is 10.0. The number of rotatable bonds is 3. The number of aryl methyl sites for hydroxylation is 3. The summed E-state index contributed by atoms with van der Waals surface area (Å²) >= 11 is 1.75. The topological polar surface area (TPSA) is 36.4 Å². The van der Waals surface area contributed by atoms with Gasteiger partial charge in [0.25, 0.3) is 5.91 Å². The molecule has 1 aliphatic heterocycles. The number of anilines is 1. The molecule has 2 aromatic carbocycles. The Morgan fingerprint density at radius 3 is 2.59 bits per heavy atom. The van der Waals surface area contributed by atoms with E-state index in [1.54, 1.807) is 11.3 Å². The van der Waals surface area contributed by atoms with Crippen molar-refractivity contribution in [1.29, 1.82) is 0 Å². The van der Waals surface area contributed by atoms with Crippen molar-refractivity contribution in [2.45, 2.75) is 27.2 Å². The third-order valence-electron chi connectivity index (χ3n) is 5.32. The average molecular weight is 380 g/mol. The molecule has 27 heavy (non-hydrogen) atoms. The van der Waals surface area contributed by atoms with Gasteiger partial charge in [-0.15, -0.1) is 0 Å². The fourth-order valence-corrected chi connectivity index (χ4v) is 4.80. The van der Waals surface area contributed by atoms with Gasteiger partial charge in [0, 0.05) is 31.7 Å². The molecule has 1 fully saturated rings. The summed E-state index contributed by atoms with van der Waals surface area (Å²) in [7, 11) is 0. The fourth-order valence-electron chi connectivity index (χ4n) is 3.74. The fraction of sp³-hybridized carbons (Fsp3) is 0.364. The number of thiazole rings is 1. The molecule has 4 nitrogen and oxygen atoms in total. The van der Waals surface area contributed by atoms with Gasteiger partial charge in [-0.05, 0) is 43.5 Å². The number of hydrogen-bond acceptors (Lipinski definition) is 4. The van der Waals surface area contributed by atoms with Crippen LogP contribution in [-0.4, -0.2) is 42.0 Å². The summed E-state index contributed by atoms with van der Waals surface area (Å²) in [6, 6.07) is 12.5. The lowest BCUT2D eigenvalue weighted by molar-refractivity contribution is 0.0746.